The zero-order chi connectivity index (χ0) is 14.4. The summed E-state index contributed by atoms with van der Waals surface area (Å²) < 4.78 is 11.9. The third-order valence-corrected chi connectivity index (χ3v) is 4.04. The lowest BCUT2D eigenvalue weighted by Gasteiger charge is -2.05. The van der Waals surface area contributed by atoms with Crippen molar-refractivity contribution in [3.8, 4) is 0 Å². The number of hydrogen-bond donors (Lipinski definition) is 1. The topological polar surface area (TPSA) is 46.2 Å². The maximum Gasteiger partial charge on any atom is 0.237 e. The first-order valence-electron chi connectivity index (χ1n) is 6.08. The van der Waals surface area contributed by atoms with Crippen molar-refractivity contribution in [2.45, 2.75) is 5.75 Å². The van der Waals surface area contributed by atoms with Gasteiger partial charge in [-0.1, -0.05) is 41.9 Å². The number of hydrogen-bond acceptors (Lipinski definition) is 2. The van der Waals surface area contributed by atoms with E-state index in [9.17, 15) is 9.00 Å². The Kier molecular flexibility index (Phi) is 5.32. The molecule has 1 amide bonds. The highest BCUT2D eigenvalue weighted by Gasteiger charge is 2.09. The van der Waals surface area contributed by atoms with Crippen molar-refractivity contribution in [3.63, 3.8) is 0 Å². The van der Waals surface area contributed by atoms with Crippen molar-refractivity contribution in [2.24, 2.45) is 0 Å². The van der Waals surface area contributed by atoms with Gasteiger partial charge in [0.15, 0.2) is 0 Å². The molecule has 0 spiro atoms. The summed E-state index contributed by atoms with van der Waals surface area (Å²) in [5.74, 6) is 0.0426. The number of amides is 1. The molecule has 0 heterocycles. The second-order valence-corrected chi connectivity index (χ2v) is 6.17. The molecule has 1 unspecified atom stereocenters. The first kappa shape index (κ1) is 14.8. The van der Waals surface area contributed by atoms with Crippen LogP contribution in [0.1, 0.15) is 5.56 Å². The smallest absolute Gasteiger partial charge is 0.237 e. The molecule has 20 heavy (non-hydrogen) atoms. The molecular weight excluding hydrogens is 294 g/mol. The standard InChI is InChI=1S/C15H14ClNO2S/c16-13-6-4-5-12(9-13)10-20(19)11-15(18)17-14-7-2-1-3-8-14/h1-9H,10-11H2,(H,17,18). The van der Waals surface area contributed by atoms with Gasteiger partial charge in [0.2, 0.25) is 5.91 Å². The Balaban J connectivity index is 1.87. The number of rotatable bonds is 5. The van der Waals surface area contributed by atoms with Gasteiger partial charge in [0.25, 0.3) is 0 Å². The summed E-state index contributed by atoms with van der Waals surface area (Å²) in [5, 5.41) is 3.32. The monoisotopic (exact) mass is 307 g/mol. The van der Waals surface area contributed by atoms with Gasteiger partial charge in [-0.2, -0.15) is 0 Å². The predicted molar refractivity (Wildman–Crippen MR) is 83.2 cm³/mol. The molecule has 0 aliphatic carbocycles. The molecule has 104 valence electrons. The number of para-hydroxylation sites is 1. The molecule has 0 bridgehead atoms. The number of benzene rings is 2. The van der Waals surface area contributed by atoms with E-state index in [4.69, 9.17) is 11.6 Å². The van der Waals surface area contributed by atoms with E-state index in [0.717, 1.165) is 5.56 Å². The van der Waals surface area contributed by atoms with Gasteiger partial charge in [-0.3, -0.25) is 9.00 Å². The molecule has 0 aliphatic heterocycles. The molecule has 0 saturated heterocycles. The Morgan fingerprint density at radius 1 is 1.10 bits per heavy atom. The number of halogens is 1. The summed E-state index contributed by atoms with van der Waals surface area (Å²) in [4.78, 5) is 11.7. The zero-order valence-corrected chi connectivity index (χ0v) is 12.3. The fourth-order valence-electron chi connectivity index (χ4n) is 1.73. The van der Waals surface area contributed by atoms with Crippen LogP contribution in [-0.2, 0) is 21.3 Å². The fraction of sp³-hybridized carbons (Fsp3) is 0.133. The summed E-state index contributed by atoms with van der Waals surface area (Å²) in [6.45, 7) is 0. The molecule has 2 rings (SSSR count). The Labute approximate surface area is 125 Å². The largest absolute Gasteiger partial charge is 0.325 e. The minimum Gasteiger partial charge on any atom is -0.325 e. The normalized spacial score (nSPS) is 11.8. The Morgan fingerprint density at radius 3 is 2.55 bits per heavy atom. The van der Waals surface area contributed by atoms with E-state index < -0.39 is 10.8 Å². The lowest BCUT2D eigenvalue weighted by molar-refractivity contribution is -0.113. The lowest BCUT2D eigenvalue weighted by Crippen LogP contribution is -2.20. The van der Waals surface area contributed by atoms with Crippen LogP contribution in [0, 0.1) is 0 Å². The van der Waals surface area contributed by atoms with Crippen molar-refractivity contribution < 1.29 is 9.00 Å². The molecule has 0 saturated carbocycles. The van der Waals surface area contributed by atoms with Crippen LogP contribution in [0.2, 0.25) is 5.02 Å². The molecule has 0 aromatic heterocycles. The lowest BCUT2D eigenvalue weighted by atomic mass is 10.2. The predicted octanol–water partition coefficient (Wildman–Crippen LogP) is 3.23. The van der Waals surface area contributed by atoms with E-state index in [2.05, 4.69) is 5.32 Å². The van der Waals surface area contributed by atoms with Crippen LogP contribution in [0.25, 0.3) is 0 Å². The van der Waals surface area contributed by atoms with Gasteiger partial charge in [-0.25, -0.2) is 0 Å². The fourth-order valence-corrected chi connectivity index (χ4v) is 2.96. The number of carbonyl (C=O) groups excluding carboxylic acids is 1. The third-order valence-electron chi connectivity index (χ3n) is 2.57. The van der Waals surface area contributed by atoms with Crippen molar-refractivity contribution in [2.75, 3.05) is 11.1 Å². The van der Waals surface area contributed by atoms with E-state index in [1.54, 1.807) is 30.3 Å². The summed E-state index contributed by atoms with van der Waals surface area (Å²) in [6, 6.07) is 16.3. The van der Waals surface area contributed by atoms with Crippen LogP contribution in [0.15, 0.2) is 54.6 Å². The van der Waals surface area contributed by atoms with Gasteiger partial charge in [-0.15, -0.1) is 0 Å². The highest BCUT2D eigenvalue weighted by atomic mass is 35.5. The summed E-state index contributed by atoms with van der Waals surface area (Å²) in [7, 11) is -1.25. The van der Waals surface area contributed by atoms with Crippen LogP contribution < -0.4 is 5.32 Å². The first-order valence-corrected chi connectivity index (χ1v) is 7.94. The average molecular weight is 308 g/mol. The SMILES string of the molecule is O=C(CS(=O)Cc1cccc(Cl)c1)Nc1ccccc1. The summed E-state index contributed by atoms with van der Waals surface area (Å²) in [6.07, 6.45) is 0. The van der Waals surface area contributed by atoms with Crippen molar-refractivity contribution >= 4 is 34.0 Å². The molecule has 1 atom stereocenters. The summed E-state index contributed by atoms with van der Waals surface area (Å²) in [5.41, 5.74) is 1.57. The quantitative estimate of drug-likeness (QED) is 0.922. The minimum atomic E-state index is -1.25. The van der Waals surface area contributed by atoms with Gasteiger partial charge >= 0.3 is 0 Å². The highest BCUT2D eigenvalue weighted by Crippen LogP contribution is 2.12. The Hall–Kier alpha value is -1.65. The number of nitrogens with one attached hydrogen (secondary N) is 1. The van der Waals surface area contributed by atoms with Crippen LogP contribution in [0.3, 0.4) is 0 Å². The van der Waals surface area contributed by atoms with Crippen LogP contribution in [0.4, 0.5) is 5.69 Å². The average Bonchev–Trinajstić information content (AvgIpc) is 2.39. The Bertz CT molecular complexity index is 616. The molecule has 2 aromatic rings. The van der Waals surface area contributed by atoms with Gasteiger partial charge in [-0.05, 0) is 29.8 Å². The summed E-state index contributed by atoms with van der Waals surface area (Å²) >= 11 is 5.86. The minimum absolute atomic E-state index is 0.0264. The molecule has 1 N–H and O–H groups in total. The highest BCUT2D eigenvalue weighted by molar-refractivity contribution is 7.84. The van der Waals surface area contributed by atoms with Crippen LogP contribution in [-0.4, -0.2) is 15.9 Å². The molecule has 3 nitrogen and oxygen atoms in total. The number of carbonyl (C=O) groups is 1. The molecule has 2 aromatic carbocycles. The molecule has 5 heteroatoms. The number of anilines is 1. The zero-order valence-electron chi connectivity index (χ0n) is 10.7. The van der Waals surface area contributed by atoms with E-state index in [0.29, 0.717) is 16.5 Å². The van der Waals surface area contributed by atoms with Gasteiger partial charge < -0.3 is 5.32 Å². The first-order chi connectivity index (χ1) is 9.63. The van der Waals surface area contributed by atoms with Crippen molar-refractivity contribution in [3.05, 3.63) is 65.2 Å². The van der Waals surface area contributed by atoms with E-state index in [-0.39, 0.29) is 11.7 Å². The van der Waals surface area contributed by atoms with Gasteiger partial charge in [0.05, 0.1) is 0 Å². The van der Waals surface area contributed by atoms with Crippen molar-refractivity contribution in [1.82, 2.24) is 0 Å². The maximum absolute atomic E-state index is 11.9. The van der Waals surface area contributed by atoms with E-state index >= 15 is 0 Å². The maximum atomic E-state index is 11.9. The second-order valence-electron chi connectivity index (χ2n) is 4.27. The van der Waals surface area contributed by atoms with Gasteiger partial charge in [0.1, 0.15) is 5.75 Å². The van der Waals surface area contributed by atoms with Crippen LogP contribution in [0.5, 0.6) is 0 Å². The molecular formula is C15H14ClNO2S. The molecule has 0 aliphatic rings. The van der Waals surface area contributed by atoms with E-state index in [1.807, 2.05) is 24.3 Å². The third kappa shape index (κ3) is 4.79. The second kappa shape index (κ2) is 7.22. The van der Waals surface area contributed by atoms with Crippen LogP contribution >= 0.6 is 11.6 Å². The molecule has 0 radical (unpaired) electrons. The van der Waals surface area contributed by atoms with Crippen molar-refractivity contribution in [1.29, 1.82) is 0 Å². The molecule has 0 fully saturated rings. The van der Waals surface area contributed by atoms with E-state index in [1.165, 1.54) is 0 Å². The van der Waals surface area contributed by atoms with Gasteiger partial charge in [0, 0.05) is 27.3 Å². The Morgan fingerprint density at radius 2 is 1.85 bits per heavy atom.